The summed E-state index contributed by atoms with van der Waals surface area (Å²) >= 11 is 6.21. The number of amides is 1. The Balaban J connectivity index is 1.76. The van der Waals surface area contributed by atoms with Gasteiger partial charge in [-0.15, -0.1) is 0 Å². The normalized spacial score (nSPS) is 27.7. The third-order valence-corrected chi connectivity index (χ3v) is 6.05. The van der Waals surface area contributed by atoms with E-state index in [0.717, 1.165) is 31.2 Å². The smallest absolute Gasteiger partial charge is 0.290 e. The standard InChI is InChI=1S/C21H25ClN2O3/c1-23(2)10-11-24-18(13-6-5-7-14(22)12-13)17-19(25)15-8-3-4-9-16(15)27-20(17)21(24)26/h5-7,12,15-16,18H,3-4,8-11H2,1-2H3. The maximum atomic E-state index is 13.4. The van der Waals surface area contributed by atoms with Crippen LogP contribution in [0.15, 0.2) is 35.6 Å². The molecule has 1 aromatic rings. The second kappa shape index (κ2) is 7.28. The molecule has 144 valence electrons. The van der Waals surface area contributed by atoms with E-state index in [1.54, 1.807) is 11.0 Å². The Hall–Kier alpha value is -1.85. The molecule has 27 heavy (non-hydrogen) atoms. The van der Waals surface area contributed by atoms with E-state index in [2.05, 4.69) is 0 Å². The number of carbonyl (C=O) groups excluding carboxylic acids is 2. The first-order chi connectivity index (χ1) is 13.0. The molecule has 3 unspecified atom stereocenters. The number of hydrogen-bond acceptors (Lipinski definition) is 4. The predicted molar refractivity (Wildman–Crippen MR) is 103 cm³/mol. The third-order valence-electron chi connectivity index (χ3n) is 5.81. The number of fused-ring (bicyclic) bond motifs is 1. The van der Waals surface area contributed by atoms with Gasteiger partial charge in [-0.1, -0.05) is 30.2 Å². The average molecular weight is 389 g/mol. The van der Waals surface area contributed by atoms with Crippen molar-refractivity contribution in [3.63, 3.8) is 0 Å². The number of ether oxygens (including phenoxy) is 1. The monoisotopic (exact) mass is 388 g/mol. The van der Waals surface area contributed by atoms with E-state index in [4.69, 9.17) is 16.3 Å². The van der Waals surface area contributed by atoms with E-state index in [1.165, 1.54) is 0 Å². The molecular formula is C21H25ClN2O3. The van der Waals surface area contributed by atoms with Crippen molar-refractivity contribution in [2.24, 2.45) is 5.92 Å². The molecule has 1 aromatic carbocycles. The van der Waals surface area contributed by atoms with E-state index in [-0.39, 0.29) is 29.5 Å². The molecule has 6 heteroatoms. The van der Waals surface area contributed by atoms with Crippen molar-refractivity contribution in [3.8, 4) is 0 Å². The van der Waals surface area contributed by atoms with Gasteiger partial charge in [0.05, 0.1) is 17.5 Å². The highest BCUT2D eigenvalue weighted by atomic mass is 35.5. The molecule has 2 heterocycles. The summed E-state index contributed by atoms with van der Waals surface area (Å²) in [5.74, 6) is 0.0634. The number of benzene rings is 1. The Morgan fingerprint density at radius 1 is 1.22 bits per heavy atom. The van der Waals surface area contributed by atoms with Crippen molar-refractivity contribution in [2.45, 2.75) is 37.8 Å². The number of rotatable bonds is 4. The molecule has 3 aliphatic rings. The molecule has 1 aliphatic carbocycles. The molecule has 0 saturated heterocycles. The maximum Gasteiger partial charge on any atom is 0.290 e. The fourth-order valence-electron chi connectivity index (χ4n) is 4.45. The van der Waals surface area contributed by atoms with Crippen LogP contribution in [0, 0.1) is 5.92 Å². The summed E-state index contributed by atoms with van der Waals surface area (Å²) in [6, 6.07) is 7.03. The highest BCUT2D eigenvalue weighted by molar-refractivity contribution is 6.30. The van der Waals surface area contributed by atoms with Crippen LogP contribution in [0.1, 0.15) is 37.3 Å². The summed E-state index contributed by atoms with van der Waals surface area (Å²) in [5.41, 5.74) is 1.40. The van der Waals surface area contributed by atoms with Gasteiger partial charge in [0.1, 0.15) is 6.10 Å². The molecule has 1 fully saturated rings. The predicted octanol–water partition coefficient (Wildman–Crippen LogP) is 3.20. The zero-order valence-electron chi connectivity index (χ0n) is 15.8. The van der Waals surface area contributed by atoms with Crippen LogP contribution >= 0.6 is 11.6 Å². The van der Waals surface area contributed by atoms with Gasteiger partial charge in [0.15, 0.2) is 11.5 Å². The Morgan fingerprint density at radius 3 is 2.74 bits per heavy atom. The minimum absolute atomic E-state index is 0.0895. The second-order valence-electron chi connectivity index (χ2n) is 7.91. The fraction of sp³-hybridized carbons (Fsp3) is 0.524. The number of Topliss-reactive ketones (excluding diaryl/α,β-unsaturated/α-hetero) is 1. The zero-order valence-corrected chi connectivity index (χ0v) is 16.5. The lowest BCUT2D eigenvalue weighted by molar-refractivity contribution is -0.135. The minimum atomic E-state index is -0.415. The molecule has 0 aromatic heterocycles. The van der Waals surface area contributed by atoms with E-state index in [1.807, 2.05) is 37.2 Å². The average Bonchev–Trinajstić information content (AvgIpc) is 2.93. The van der Waals surface area contributed by atoms with Crippen molar-refractivity contribution in [2.75, 3.05) is 27.2 Å². The molecule has 5 nitrogen and oxygen atoms in total. The minimum Gasteiger partial charge on any atom is -0.483 e. The summed E-state index contributed by atoms with van der Waals surface area (Å²) in [4.78, 5) is 30.4. The Bertz CT molecular complexity index is 804. The molecule has 0 radical (unpaired) electrons. The Kier molecular flexibility index (Phi) is 4.99. The maximum absolute atomic E-state index is 13.4. The molecule has 1 amide bonds. The highest BCUT2D eigenvalue weighted by Gasteiger charge is 2.51. The van der Waals surface area contributed by atoms with Gasteiger partial charge in [-0.25, -0.2) is 0 Å². The fourth-order valence-corrected chi connectivity index (χ4v) is 4.65. The molecular weight excluding hydrogens is 364 g/mol. The van der Waals surface area contributed by atoms with Crippen LogP contribution in [-0.2, 0) is 14.3 Å². The van der Waals surface area contributed by atoms with E-state index < -0.39 is 6.04 Å². The SMILES string of the molecule is CN(C)CCN1C(=O)C2=C(C(=O)C3CCCCC3O2)C1c1cccc(Cl)c1. The van der Waals surface area contributed by atoms with E-state index in [9.17, 15) is 9.59 Å². The molecule has 0 N–H and O–H groups in total. The van der Waals surface area contributed by atoms with Gasteiger partial charge in [-0.3, -0.25) is 9.59 Å². The summed E-state index contributed by atoms with van der Waals surface area (Å²) in [5, 5.41) is 0.598. The number of carbonyl (C=O) groups is 2. The molecule has 0 spiro atoms. The quantitative estimate of drug-likeness (QED) is 0.794. The van der Waals surface area contributed by atoms with Crippen LogP contribution in [0.3, 0.4) is 0 Å². The van der Waals surface area contributed by atoms with Gasteiger partial charge >= 0.3 is 0 Å². The second-order valence-corrected chi connectivity index (χ2v) is 8.35. The lowest BCUT2D eigenvalue weighted by atomic mass is 9.77. The lowest BCUT2D eigenvalue weighted by Crippen LogP contribution is -2.39. The van der Waals surface area contributed by atoms with Crippen molar-refractivity contribution in [3.05, 3.63) is 46.2 Å². The van der Waals surface area contributed by atoms with Crippen LogP contribution in [0.5, 0.6) is 0 Å². The van der Waals surface area contributed by atoms with Crippen molar-refractivity contribution in [1.29, 1.82) is 0 Å². The van der Waals surface area contributed by atoms with Gasteiger partial charge in [0, 0.05) is 18.1 Å². The topological polar surface area (TPSA) is 49.9 Å². The van der Waals surface area contributed by atoms with E-state index in [0.29, 0.717) is 23.7 Å². The molecule has 3 atom stereocenters. The largest absolute Gasteiger partial charge is 0.483 e. The van der Waals surface area contributed by atoms with Gasteiger partial charge < -0.3 is 14.5 Å². The Morgan fingerprint density at radius 2 is 2.00 bits per heavy atom. The summed E-state index contributed by atoms with van der Waals surface area (Å²) < 4.78 is 6.14. The van der Waals surface area contributed by atoms with Crippen molar-refractivity contribution < 1.29 is 14.3 Å². The summed E-state index contributed by atoms with van der Waals surface area (Å²) in [6.07, 6.45) is 3.63. The number of ketones is 1. The third kappa shape index (κ3) is 3.27. The van der Waals surface area contributed by atoms with Crippen molar-refractivity contribution in [1.82, 2.24) is 9.80 Å². The molecule has 2 aliphatic heterocycles. The van der Waals surface area contributed by atoms with Gasteiger partial charge in [0.25, 0.3) is 5.91 Å². The van der Waals surface area contributed by atoms with Crippen LogP contribution in [0.2, 0.25) is 5.02 Å². The van der Waals surface area contributed by atoms with Crippen LogP contribution in [0.4, 0.5) is 0 Å². The Labute approximate surface area is 164 Å². The van der Waals surface area contributed by atoms with Gasteiger partial charge in [-0.2, -0.15) is 0 Å². The highest BCUT2D eigenvalue weighted by Crippen LogP contribution is 2.46. The number of hydrogen-bond donors (Lipinski definition) is 0. The first-order valence-electron chi connectivity index (χ1n) is 9.63. The number of halogens is 1. The number of nitrogens with zero attached hydrogens (tertiary/aromatic N) is 2. The molecule has 4 rings (SSSR count). The van der Waals surface area contributed by atoms with E-state index >= 15 is 0 Å². The van der Waals surface area contributed by atoms with Gasteiger partial charge in [-0.05, 0) is 51.1 Å². The lowest BCUT2D eigenvalue weighted by Gasteiger charge is -2.35. The number of likely N-dealkylation sites (N-methyl/N-ethyl adjacent to an activating group) is 1. The van der Waals surface area contributed by atoms with Crippen molar-refractivity contribution >= 4 is 23.3 Å². The van der Waals surface area contributed by atoms with Crippen LogP contribution < -0.4 is 0 Å². The summed E-state index contributed by atoms with van der Waals surface area (Å²) in [7, 11) is 3.94. The first-order valence-corrected chi connectivity index (χ1v) is 10.0. The molecule has 1 saturated carbocycles. The summed E-state index contributed by atoms with van der Waals surface area (Å²) in [6.45, 7) is 1.24. The van der Waals surface area contributed by atoms with Gasteiger partial charge in [0.2, 0.25) is 0 Å². The first kappa shape index (κ1) is 18.5. The van der Waals surface area contributed by atoms with Crippen LogP contribution in [-0.4, -0.2) is 54.8 Å². The molecule has 0 bridgehead atoms. The van der Waals surface area contributed by atoms with Crippen LogP contribution in [0.25, 0.3) is 0 Å². The zero-order chi connectivity index (χ0) is 19.1.